The molecule has 0 amide bonds. The number of rotatable bonds is 6. The molecule has 1 aliphatic rings. The summed E-state index contributed by atoms with van der Waals surface area (Å²) in [7, 11) is 2.61. The normalized spacial score (nSPS) is 24.3. The van der Waals surface area contributed by atoms with Gasteiger partial charge in [-0.25, -0.2) is 0 Å². The lowest BCUT2D eigenvalue weighted by molar-refractivity contribution is -0.277. The molecule has 0 radical (unpaired) electrons. The van der Waals surface area contributed by atoms with Gasteiger partial charge in [-0.1, -0.05) is 0 Å². The molecule has 5 atom stereocenters. The second-order valence-electron chi connectivity index (χ2n) is 7.81. The van der Waals surface area contributed by atoms with Gasteiger partial charge in [0, 0.05) is 17.7 Å². The highest BCUT2D eigenvalue weighted by Crippen LogP contribution is 2.39. The number of hydrogen-bond donors (Lipinski definition) is 6. The van der Waals surface area contributed by atoms with Crippen molar-refractivity contribution in [2.24, 2.45) is 0 Å². The lowest BCUT2D eigenvalue weighted by Crippen LogP contribution is -2.60. The number of ether oxygens (including phenoxy) is 4. The van der Waals surface area contributed by atoms with Gasteiger partial charge < -0.3 is 54.0 Å². The van der Waals surface area contributed by atoms with Crippen LogP contribution in [0.2, 0.25) is 0 Å². The second kappa shape index (κ2) is 9.60. The molecule has 0 saturated carbocycles. The van der Waals surface area contributed by atoms with Crippen LogP contribution in [-0.4, -0.2) is 82.2 Å². The molecule has 0 spiro atoms. The van der Waals surface area contributed by atoms with Gasteiger partial charge in [-0.05, 0) is 18.2 Å². The van der Waals surface area contributed by atoms with E-state index in [1.807, 2.05) is 0 Å². The molecule has 5 unspecified atom stereocenters. The average molecular weight is 492 g/mol. The van der Waals surface area contributed by atoms with Gasteiger partial charge in [-0.2, -0.15) is 0 Å². The van der Waals surface area contributed by atoms with E-state index in [2.05, 4.69) is 0 Å². The minimum absolute atomic E-state index is 0.0207. The first-order valence-electron chi connectivity index (χ1n) is 10.4. The monoisotopic (exact) mass is 492 g/mol. The molecule has 2 heterocycles. The maximum Gasteiger partial charge on any atom is 0.239 e. The molecule has 12 heteroatoms. The predicted molar refractivity (Wildman–Crippen MR) is 119 cm³/mol. The van der Waals surface area contributed by atoms with Gasteiger partial charge in [0.2, 0.25) is 17.5 Å². The number of methoxy groups -OCH3 is 2. The Labute approximate surface area is 197 Å². The van der Waals surface area contributed by atoms with Crippen molar-refractivity contribution < 1.29 is 54.0 Å². The molecule has 35 heavy (non-hydrogen) atoms. The maximum absolute atomic E-state index is 13.1. The molecule has 1 aliphatic heterocycles. The molecule has 188 valence electrons. The first kappa shape index (κ1) is 24.6. The summed E-state index contributed by atoms with van der Waals surface area (Å²) in [6, 6.07) is 6.56. The summed E-state index contributed by atoms with van der Waals surface area (Å²) >= 11 is 0. The van der Waals surface area contributed by atoms with Gasteiger partial charge in [0.1, 0.15) is 46.9 Å². The number of benzene rings is 2. The minimum Gasteiger partial charge on any atom is -0.507 e. The molecular formula is C23H24O12. The average Bonchev–Trinajstić information content (AvgIpc) is 2.84. The number of phenolic OH excluding ortho intramolecular Hbond substituents is 2. The molecule has 3 aromatic rings. The molecular weight excluding hydrogens is 468 g/mol. The lowest BCUT2D eigenvalue weighted by Gasteiger charge is -2.39. The van der Waals surface area contributed by atoms with E-state index in [1.165, 1.54) is 38.5 Å². The van der Waals surface area contributed by atoms with E-state index < -0.39 is 48.5 Å². The Bertz CT molecular complexity index is 1280. The Morgan fingerprint density at radius 2 is 1.69 bits per heavy atom. The highest BCUT2D eigenvalue weighted by atomic mass is 16.7. The summed E-state index contributed by atoms with van der Waals surface area (Å²) < 4.78 is 27.1. The number of aromatic hydroxyl groups is 2. The first-order valence-corrected chi connectivity index (χ1v) is 10.4. The van der Waals surface area contributed by atoms with Crippen LogP contribution in [-0.2, 0) is 4.74 Å². The Kier molecular flexibility index (Phi) is 6.74. The van der Waals surface area contributed by atoms with Crippen LogP contribution < -0.4 is 19.6 Å². The number of phenols is 2. The van der Waals surface area contributed by atoms with Crippen LogP contribution in [0.5, 0.6) is 28.7 Å². The fourth-order valence-electron chi connectivity index (χ4n) is 3.82. The van der Waals surface area contributed by atoms with Gasteiger partial charge in [0.25, 0.3) is 0 Å². The van der Waals surface area contributed by atoms with E-state index in [4.69, 9.17) is 23.4 Å². The zero-order valence-electron chi connectivity index (χ0n) is 18.6. The first-order chi connectivity index (χ1) is 16.7. The fourth-order valence-corrected chi connectivity index (χ4v) is 3.82. The molecule has 6 N–H and O–H groups in total. The van der Waals surface area contributed by atoms with Crippen LogP contribution in [0, 0.1) is 0 Å². The summed E-state index contributed by atoms with van der Waals surface area (Å²) in [5.74, 6) is -0.872. The smallest absolute Gasteiger partial charge is 0.239 e. The highest BCUT2D eigenvalue weighted by molar-refractivity contribution is 5.88. The molecule has 1 saturated heterocycles. The Hall–Kier alpha value is -3.55. The van der Waals surface area contributed by atoms with E-state index >= 15 is 0 Å². The van der Waals surface area contributed by atoms with Crippen molar-refractivity contribution in [1.29, 1.82) is 0 Å². The van der Waals surface area contributed by atoms with Crippen LogP contribution in [0.1, 0.15) is 0 Å². The van der Waals surface area contributed by atoms with Crippen molar-refractivity contribution in [2.75, 3.05) is 20.8 Å². The third kappa shape index (κ3) is 4.33. The van der Waals surface area contributed by atoms with Crippen molar-refractivity contribution in [3.8, 4) is 40.1 Å². The highest BCUT2D eigenvalue weighted by Gasteiger charge is 2.44. The topological polar surface area (TPSA) is 189 Å². The van der Waals surface area contributed by atoms with Crippen molar-refractivity contribution in [3.63, 3.8) is 0 Å². The van der Waals surface area contributed by atoms with Crippen LogP contribution in [0.15, 0.2) is 39.5 Å². The standard InChI is InChI=1S/C23H24O12/c1-31-13-5-9(3-4-11(13)25)21-22(32-2)18(28)16-12(26)6-10(7-14(16)34-21)33-23-20(30)19(29)17(27)15(8-24)35-23/h3-7,15,17,19-20,23-27,29-30H,8H2,1-2H3. The SMILES string of the molecule is COc1cc(-c2oc3cc(OC4OC(CO)C(O)C(O)C4O)cc(O)c3c(=O)c2OC)ccc1O. The number of fused-ring (bicyclic) bond motifs is 1. The van der Waals surface area contributed by atoms with Gasteiger partial charge >= 0.3 is 0 Å². The summed E-state index contributed by atoms with van der Waals surface area (Å²) in [5.41, 5.74) is -0.472. The van der Waals surface area contributed by atoms with E-state index in [1.54, 1.807) is 0 Å². The van der Waals surface area contributed by atoms with Gasteiger partial charge in [0.05, 0.1) is 20.8 Å². The van der Waals surface area contributed by atoms with Crippen LogP contribution >= 0.6 is 0 Å². The number of aliphatic hydroxyl groups excluding tert-OH is 4. The minimum atomic E-state index is -1.69. The fraction of sp³-hybridized carbons (Fsp3) is 0.348. The summed E-state index contributed by atoms with van der Waals surface area (Å²) in [6.07, 6.45) is -7.65. The molecule has 0 aliphatic carbocycles. The van der Waals surface area contributed by atoms with E-state index in [9.17, 15) is 35.4 Å². The molecule has 12 nitrogen and oxygen atoms in total. The molecule has 4 rings (SSSR count). The predicted octanol–water partition coefficient (Wildman–Crippen LogP) is 0.0671. The zero-order valence-corrected chi connectivity index (χ0v) is 18.6. The number of aliphatic hydroxyl groups is 4. The van der Waals surface area contributed by atoms with E-state index in [-0.39, 0.29) is 39.7 Å². The molecule has 1 fully saturated rings. The third-order valence-corrected chi connectivity index (χ3v) is 5.65. The number of hydrogen-bond acceptors (Lipinski definition) is 12. The Balaban J connectivity index is 1.80. The van der Waals surface area contributed by atoms with Crippen molar-refractivity contribution in [2.45, 2.75) is 30.7 Å². The van der Waals surface area contributed by atoms with Gasteiger partial charge in [-0.15, -0.1) is 0 Å². The van der Waals surface area contributed by atoms with Gasteiger partial charge in [0.15, 0.2) is 17.3 Å². The lowest BCUT2D eigenvalue weighted by atomic mass is 9.99. The van der Waals surface area contributed by atoms with Crippen LogP contribution in [0.3, 0.4) is 0 Å². The van der Waals surface area contributed by atoms with Gasteiger partial charge in [-0.3, -0.25) is 4.79 Å². The van der Waals surface area contributed by atoms with Crippen molar-refractivity contribution in [1.82, 2.24) is 0 Å². The molecule has 1 aromatic heterocycles. The third-order valence-electron chi connectivity index (χ3n) is 5.65. The van der Waals surface area contributed by atoms with E-state index in [0.717, 1.165) is 6.07 Å². The van der Waals surface area contributed by atoms with Crippen molar-refractivity contribution >= 4 is 11.0 Å². The summed E-state index contributed by atoms with van der Waals surface area (Å²) in [4.78, 5) is 13.1. The Morgan fingerprint density at radius 1 is 0.943 bits per heavy atom. The quantitative estimate of drug-likeness (QED) is 0.272. The Morgan fingerprint density at radius 3 is 2.34 bits per heavy atom. The largest absolute Gasteiger partial charge is 0.507 e. The summed E-state index contributed by atoms with van der Waals surface area (Å²) in [5, 5.41) is 59.7. The van der Waals surface area contributed by atoms with E-state index in [0.29, 0.717) is 5.56 Å². The zero-order chi connectivity index (χ0) is 25.4. The molecule has 0 bridgehead atoms. The van der Waals surface area contributed by atoms with Crippen molar-refractivity contribution in [3.05, 3.63) is 40.6 Å². The second-order valence-corrected chi connectivity index (χ2v) is 7.81. The van der Waals surface area contributed by atoms with Crippen LogP contribution in [0.4, 0.5) is 0 Å². The maximum atomic E-state index is 13.1. The summed E-state index contributed by atoms with van der Waals surface area (Å²) in [6.45, 7) is -0.651. The molecule has 2 aromatic carbocycles. The van der Waals surface area contributed by atoms with Crippen LogP contribution in [0.25, 0.3) is 22.3 Å².